The molecule has 0 fully saturated rings. The highest BCUT2D eigenvalue weighted by molar-refractivity contribution is 5.70. The Morgan fingerprint density at radius 2 is 2.40 bits per heavy atom. The molecule has 1 aliphatic heterocycles. The molecule has 9 heteroatoms. The second-order valence-electron chi connectivity index (χ2n) is 4.63. The predicted octanol–water partition coefficient (Wildman–Crippen LogP) is -0.850. The van der Waals surface area contributed by atoms with Crippen molar-refractivity contribution in [3.05, 3.63) is 16.7 Å². The van der Waals surface area contributed by atoms with Crippen molar-refractivity contribution in [1.82, 2.24) is 19.5 Å². The molecule has 0 radical (unpaired) electrons. The summed E-state index contributed by atoms with van der Waals surface area (Å²) in [7, 11) is 0. The molecule has 4 N–H and O–H groups in total. The van der Waals surface area contributed by atoms with Gasteiger partial charge in [-0.1, -0.05) is 0 Å². The molecule has 20 heavy (non-hydrogen) atoms. The maximum Gasteiger partial charge on any atom is 0.283 e. The second kappa shape index (κ2) is 4.27. The first-order valence-corrected chi connectivity index (χ1v) is 6.25. The molecule has 3 rings (SSSR count). The van der Waals surface area contributed by atoms with E-state index >= 15 is 0 Å². The maximum absolute atomic E-state index is 12.3. The minimum absolute atomic E-state index is 0.0520. The quantitative estimate of drug-likeness (QED) is 0.577. The SMILES string of the molecule is CCOC(C)C1(O)Nc2nc3nc[nH]c3c(=O)n2C1O. The highest BCUT2D eigenvalue weighted by atomic mass is 16.5. The highest BCUT2D eigenvalue weighted by Crippen LogP contribution is 2.34. The predicted molar refractivity (Wildman–Crippen MR) is 69.1 cm³/mol. The fourth-order valence-corrected chi connectivity index (χ4v) is 2.34. The van der Waals surface area contributed by atoms with Crippen molar-refractivity contribution < 1.29 is 14.9 Å². The van der Waals surface area contributed by atoms with Gasteiger partial charge in [0.15, 0.2) is 17.4 Å². The lowest BCUT2D eigenvalue weighted by Crippen LogP contribution is -2.51. The van der Waals surface area contributed by atoms with E-state index in [4.69, 9.17) is 4.74 Å². The van der Waals surface area contributed by atoms with Crippen molar-refractivity contribution in [2.75, 3.05) is 11.9 Å². The first kappa shape index (κ1) is 13.0. The summed E-state index contributed by atoms with van der Waals surface area (Å²) in [5.74, 6) is 0.0520. The number of aromatic amines is 1. The standard InChI is InChI=1S/C11H15N5O4/c1-3-20-5(2)11(19)9(18)16-8(17)6-7(13-4-12-6)14-10(16)15-11/h4-5,9,18-19H,3H2,1-2H3,(H,12,13)(H,14,15). The zero-order valence-corrected chi connectivity index (χ0v) is 11.0. The Morgan fingerprint density at radius 1 is 1.65 bits per heavy atom. The fourth-order valence-electron chi connectivity index (χ4n) is 2.34. The summed E-state index contributed by atoms with van der Waals surface area (Å²) >= 11 is 0. The molecule has 0 bridgehead atoms. The Bertz CT molecular complexity index is 710. The van der Waals surface area contributed by atoms with Gasteiger partial charge in [-0.3, -0.25) is 4.79 Å². The van der Waals surface area contributed by atoms with E-state index in [9.17, 15) is 15.0 Å². The van der Waals surface area contributed by atoms with Crippen LogP contribution in [0.1, 0.15) is 20.1 Å². The van der Waals surface area contributed by atoms with Gasteiger partial charge < -0.3 is 25.3 Å². The summed E-state index contributed by atoms with van der Waals surface area (Å²) in [6.07, 6.45) is -0.905. The number of ether oxygens (including phenoxy) is 1. The average molecular weight is 281 g/mol. The summed E-state index contributed by atoms with van der Waals surface area (Å²) in [6.45, 7) is 3.73. The molecule has 3 unspecified atom stereocenters. The van der Waals surface area contributed by atoms with E-state index in [-0.39, 0.29) is 17.1 Å². The minimum Gasteiger partial charge on any atom is -0.374 e. The number of aliphatic hydroxyl groups is 2. The van der Waals surface area contributed by atoms with Gasteiger partial charge in [-0.25, -0.2) is 9.55 Å². The Morgan fingerprint density at radius 3 is 3.10 bits per heavy atom. The Kier molecular flexibility index (Phi) is 2.78. The summed E-state index contributed by atoms with van der Waals surface area (Å²) in [5, 5.41) is 23.5. The number of imidazole rings is 1. The van der Waals surface area contributed by atoms with Crippen LogP contribution in [0.4, 0.5) is 5.95 Å². The zero-order valence-electron chi connectivity index (χ0n) is 11.0. The van der Waals surface area contributed by atoms with Crippen LogP contribution in [0.25, 0.3) is 11.2 Å². The summed E-state index contributed by atoms with van der Waals surface area (Å²) in [5.41, 5.74) is -1.95. The van der Waals surface area contributed by atoms with Gasteiger partial charge in [-0.2, -0.15) is 4.98 Å². The lowest BCUT2D eigenvalue weighted by Gasteiger charge is -2.31. The molecule has 0 saturated carbocycles. The van der Waals surface area contributed by atoms with Crippen LogP contribution in [0, 0.1) is 0 Å². The lowest BCUT2D eigenvalue weighted by molar-refractivity contribution is -0.156. The normalized spacial score (nSPS) is 26.5. The van der Waals surface area contributed by atoms with Gasteiger partial charge in [-0.05, 0) is 13.8 Å². The number of H-pyrrole nitrogens is 1. The van der Waals surface area contributed by atoms with Crippen LogP contribution in [-0.4, -0.2) is 48.2 Å². The molecule has 0 aromatic carbocycles. The van der Waals surface area contributed by atoms with Crippen molar-refractivity contribution in [2.24, 2.45) is 0 Å². The smallest absolute Gasteiger partial charge is 0.283 e. The molecule has 9 nitrogen and oxygen atoms in total. The summed E-state index contributed by atoms with van der Waals surface area (Å²) in [6, 6.07) is 0. The van der Waals surface area contributed by atoms with E-state index in [1.807, 2.05) is 0 Å². The summed E-state index contributed by atoms with van der Waals surface area (Å²) < 4.78 is 6.29. The van der Waals surface area contributed by atoms with Gasteiger partial charge in [0.1, 0.15) is 6.10 Å². The number of rotatable bonds is 3. The van der Waals surface area contributed by atoms with E-state index in [0.717, 1.165) is 4.57 Å². The third-order valence-corrected chi connectivity index (χ3v) is 3.48. The fraction of sp³-hybridized carbons (Fsp3) is 0.545. The molecule has 1 aliphatic rings. The Balaban J connectivity index is 2.13. The number of hydrogen-bond donors (Lipinski definition) is 4. The van der Waals surface area contributed by atoms with E-state index in [1.54, 1.807) is 13.8 Å². The number of hydrogen-bond acceptors (Lipinski definition) is 7. The van der Waals surface area contributed by atoms with E-state index in [0.29, 0.717) is 6.61 Å². The molecule has 2 aromatic rings. The minimum atomic E-state index is -1.83. The molecular formula is C11H15N5O4. The van der Waals surface area contributed by atoms with Gasteiger partial charge in [0, 0.05) is 6.61 Å². The monoisotopic (exact) mass is 281 g/mol. The molecule has 3 atom stereocenters. The Hall–Kier alpha value is -1.97. The van der Waals surface area contributed by atoms with E-state index in [1.165, 1.54) is 6.33 Å². The van der Waals surface area contributed by atoms with Crippen LogP contribution in [0.5, 0.6) is 0 Å². The Labute approximate surface area is 113 Å². The van der Waals surface area contributed by atoms with E-state index in [2.05, 4.69) is 20.3 Å². The van der Waals surface area contributed by atoms with Crippen molar-refractivity contribution >= 4 is 17.1 Å². The number of anilines is 1. The topological polar surface area (TPSA) is 125 Å². The first-order chi connectivity index (χ1) is 9.49. The van der Waals surface area contributed by atoms with Crippen LogP contribution in [0.15, 0.2) is 11.1 Å². The van der Waals surface area contributed by atoms with Crippen LogP contribution < -0.4 is 10.9 Å². The van der Waals surface area contributed by atoms with Gasteiger partial charge in [-0.15, -0.1) is 0 Å². The molecule has 0 amide bonds. The van der Waals surface area contributed by atoms with Crippen molar-refractivity contribution in [3.8, 4) is 0 Å². The van der Waals surface area contributed by atoms with Gasteiger partial charge >= 0.3 is 0 Å². The molecule has 0 spiro atoms. The van der Waals surface area contributed by atoms with Crippen molar-refractivity contribution in [2.45, 2.75) is 31.9 Å². The lowest BCUT2D eigenvalue weighted by atomic mass is 10.1. The largest absolute Gasteiger partial charge is 0.374 e. The van der Waals surface area contributed by atoms with Gasteiger partial charge in [0.2, 0.25) is 11.7 Å². The third kappa shape index (κ3) is 1.57. The highest BCUT2D eigenvalue weighted by Gasteiger charge is 2.50. The molecule has 0 saturated heterocycles. The number of nitrogens with one attached hydrogen (secondary N) is 2. The van der Waals surface area contributed by atoms with Crippen molar-refractivity contribution in [1.29, 1.82) is 0 Å². The van der Waals surface area contributed by atoms with Crippen LogP contribution >= 0.6 is 0 Å². The number of fused-ring (bicyclic) bond motifs is 2. The van der Waals surface area contributed by atoms with Crippen LogP contribution in [-0.2, 0) is 4.74 Å². The van der Waals surface area contributed by atoms with Gasteiger partial charge in [0.05, 0.1) is 6.33 Å². The molecule has 108 valence electrons. The number of nitrogens with zero attached hydrogens (tertiary/aromatic N) is 3. The van der Waals surface area contributed by atoms with Crippen molar-refractivity contribution in [3.63, 3.8) is 0 Å². The average Bonchev–Trinajstić information content (AvgIpc) is 2.95. The molecule has 2 aromatic heterocycles. The maximum atomic E-state index is 12.3. The molecule has 0 aliphatic carbocycles. The number of aromatic nitrogens is 4. The molecular weight excluding hydrogens is 266 g/mol. The first-order valence-electron chi connectivity index (χ1n) is 6.25. The van der Waals surface area contributed by atoms with Crippen LogP contribution in [0.2, 0.25) is 0 Å². The second-order valence-corrected chi connectivity index (χ2v) is 4.63. The molecule has 3 heterocycles. The van der Waals surface area contributed by atoms with Gasteiger partial charge in [0.25, 0.3) is 5.56 Å². The summed E-state index contributed by atoms with van der Waals surface area (Å²) in [4.78, 5) is 22.9. The number of aliphatic hydroxyl groups excluding tert-OH is 1. The third-order valence-electron chi connectivity index (χ3n) is 3.48. The zero-order chi connectivity index (χ0) is 14.5. The van der Waals surface area contributed by atoms with Crippen LogP contribution in [0.3, 0.4) is 0 Å². The van der Waals surface area contributed by atoms with E-state index < -0.39 is 23.6 Å².